The van der Waals surface area contributed by atoms with E-state index in [9.17, 15) is 4.79 Å². The van der Waals surface area contributed by atoms with E-state index in [1.807, 2.05) is 0 Å². The van der Waals surface area contributed by atoms with Gasteiger partial charge in [0.25, 0.3) is 5.91 Å². The van der Waals surface area contributed by atoms with Crippen molar-refractivity contribution >= 4 is 23.2 Å². The van der Waals surface area contributed by atoms with Crippen LogP contribution in [0.3, 0.4) is 0 Å². The molecule has 120 valence electrons. The number of benzene rings is 2. The summed E-state index contributed by atoms with van der Waals surface area (Å²) >= 11 is 5.83. The Morgan fingerprint density at radius 1 is 1.00 bits per heavy atom. The smallest absolute Gasteiger partial charge is 0.251 e. The molecule has 0 spiro atoms. The Balaban J connectivity index is 1.48. The number of hydrogen-bond donors (Lipinski definition) is 1. The van der Waals surface area contributed by atoms with Gasteiger partial charge in [-0.15, -0.1) is 0 Å². The summed E-state index contributed by atoms with van der Waals surface area (Å²) in [6.45, 7) is 2.96. The minimum absolute atomic E-state index is 0.0599. The summed E-state index contributed by atoms with van der Waals surface area (Å²) in [5.41, 5.74) is 3.18. The number of halogens is 1. The molecule has 0 unspecified atom stereocenters. The molecular weight excluding hydrogens is 308 g/mol. The summed E-state index contributed by atoms with van der Waals surface area (Å²) in [6.07, 6.45) is 3.41. The average Bonchev–Trinajstić information content (AvgIpc) is 3.10. The number of hydrogen-bond acceptors (Lipinski definition) is 2. The fourth-order valence-corrected chi connectivity index (χ4v) is 3.00. The molecule has 3 nitrogen and oxygen atoms in total. The maximum Gasteiger partial charge on any atom is 0.251 e. The van der Waals surface area contributed by atoms with Gasteiger partial charge in [-0.3, -0.25) is 4.79 Å². The molecule has 1 amide bonds. The van der Waals surface area contributed by atoms with Crippen LogP contribution < -0.4 is 10.2 Å². The van der Waals surface area contributed by atoms with E-state index in [1.54, 1.807) is 24.3 Å². The topological polar surface area (TPSA) is 32.3 Å². The Hall–Kier alpha value is -2.00. The monoisotopic (exact) mass is 328 g/mol. The molecule has 0 atom stereocenters. The molecule has 1 fully saturated rings. The predicted molar refractivity (Wildman–Crippen MR) is 95.4 cm³/mol. The number of amides is 1. The van der Waals surface area contributed by atoms with Crippen molar-refractivity contribution in [1.82, 2.24) is 5.32 Å². The summed E-state index contributed by atoms with van der Waals surface area (Å²) in [4.78, 5) is 14.4. The van der Waals surface area contributed by atoms with Crippen LogP contribution in [-0.2, 0) is 6.42 Å². The summed E-state index contributed by atoms with van der Waals surface area (Å²) < 4.78 is 0. The second-order valence-electron chi connectivity index (χ2n) is 5.87. The van der Waals surface area contributed by atoms with Crippen molar-refractivity contribution in [3.8, 4) is 0 Å². The molecule has 0 bridgehead atoms. The van der Waals surface area contributed by atoms with Crippen LogP contribution in [0.1, 0.15) is 28.8 Å². The molecule has 1 N–H and O–H groups in total. The number of carbonyl (C=O) groups is 1. The van der Waals surface area contributed by atoms with Gasteiger partial charge in [-0.05, 0) is 61.2 Å². The third kappa shape index (κ3) is 4.26. The molecule has 2 aromatic rings. The zero-order valence-corrected chi connectivity index (χ0v) is 13.9. The summed E-state index contributed by atoms with van der Waals surface area (Å²) in [5, 5.41) is 3.58. The van der Waals surface area contributed by atoms with Crippen molar-refractivity contribution in [2.75, 3.05) is 24.5 Å². The average molecular weight is 329 g/mol. The zero-order valence-electron chi connectivity index (χ0n) is 13.1. The maximum atomic E-state index is 12.0. The second kappa shape index (κ2) is 7.51. The molecule has 1 saturated heterocycles. The molecule has 0 saturated carbocycles. The third-order valence-corrected chi connectivity index (χ3v) is 4.47. The van der Waals surface area contributed by atoms with Crippen molar-refractivity contribution in [1.29, 1.82) is 0 Å². The second-order valence-corrected chi connectivity index (χ2v) is 6.31. The van der Waals surface area contributed by atoms with Crippen LogP contribution in [-0.4, -0.2) is 25.5 Å². The Kier molecular flexibility index (Phi) is 5.19. The van der Waals surface area contributed by atoms with Gasteiger partial charge >= 0.3 is 0 Å². The number of rotatable bonds is 5. The lowest BCUT2D eigenvalue weighted by molar-refractivity contribution is 0.0954. The molecule has 0 aliphatic carbocycles. The molecule has 2 aromatic carbocycles. The van der Waals surface area contributed by atoms with E-state index >= 15 is 0 Å². The van der Waals surface area contributed by atoms with Crippen LogP contribution in [0.4, 0.5) is 5.69 Å². The van der Waals surface area contributed by atoms with Gasteiger partial charge in [-0.1, -0.05) is 23.7 Å². The van der Waals surface area contributed by atoms with E-state index in [0.717, 1.165) is 19.5 Å². The van der Waals surface area contributed by atoms with E-state index in [-0.39, 0.29) is 5.91 Å². The van der Waals surface area contributed by atoms with Crippen LogP contribution in [0.25, 0.3) is 0 Å². The maximum absolute atomic E-state index is 12.0. The molecule has 0 aromatic heterocycles. The van der Waals surface area contributed by atoms with Crippen LogP contribution in [0.2, 0.25) is 5.02 Å². The highest BCUT2D eigenvalue weighted by molar-refractivity contribution is 6.30. The van der Waals surface area contributed by atoms with Crippen LogP contribution in [0.5, 0.6) is 0 Å². The fraction of sp³-hybridized carbons (Fsp3) is 0.316. The Morgan fingerprint density at radius 2 is 1.65 bits per heavy atom. The third-order valence-electron chi connectivity index (χ3n) is 4.21. The van der Waals surface area contributed by atoms with Crippen LogP contribution in [0, 0.1) is 0 Å². The van der Waals surface area contributed by atoms with E-state index in [2.05, 4.69) is 34.5 Å². The molecule has 1 aliphatic rings. The van der Waals surface area contributed by atoms with Crippen molar-refractivity contribution < 1.29 is 4.79 Å². The normalized spacial score (nSPS) is 14.0. The first-order valence-electron chi connectivity index (χ1n) is 8.10. The lowest BCUT2D eigenvalue weighted by Gasteiger charge is -2.17. The lowest BCUT2D eigenvalue weighted by atomic mass is 10.1. The van der Waals surface area contributed by atoms with Crippen LogP contribution in [0.15, 0.2) is 48.5 Å². The van der Waals surface area contributed by atoms with Crippen molar-refractivity contribution in [2.24, 2.45) is 0 Å². The number of nitrogens with one attached hydrogen (secondary N) is 1. The SMILES string of the molecule is O=C(NCCc1ccc(N2CCCC2)cc1)c1ccc(Cl)cc1. The van der Waals surface area contributed by atoms with Gasteiger partial charge in [-0.25, -0.2) is 0 Å². The minimum Gasteiger partial charge on any atom is -0.372 e. The van der Waals surface area contributed by atoms with Crippen molar-refractivity contribution in [2.45, 2.75) is 19.3 Å². The zero-order chi connectivity index (χ0) is 16.1. The molecular formula is C19H21ClN2O. The van der Waals surface area contributed by atoms with Crippen LogP contribution >= 0.6 is 11.6 Å². The molecule has 23 heavy (non-hydrogen) atoms. The van der Waals surface area contributed by atoms with Gasteiger partial charge in [0.15, 0.2) is 0 Å². The van der Waals surface area contributed by atoms with E-state index in [0.29, 0.717) is 17.1 Å². The van der Waals surface area contributed by atoms with Gasteiger partial charge in [-0.2, -0.15) is 0 Å². The largest absolute Gasteiger partial charge is 0.372 e. The van der Waals surface area contributed by atoms with E-state index in [4.69, 9.17) is 11.6 Å². The first-order valence-corrected chi connectivity index (χ1v) is 8.48. The van der Waals surface area contributed by atoms with E-state index in [1.165, 1.54) is 24.1 Å². The first kappa shape index (κ1) is 15.9. The summed E-state index contributed by atoms with van der Waals surface area (Å²) in [7, 11) is 0. The number of anilines is 1. The summed E-state index contributed by atoms with van der Waals surface area (Å²) in [6, 6.07) is 15.6. The Labute approximate surface area is 142 Å². The fourth-order valence-electron chi connectivity index (χ4n) is 2.87. The molecule has 1 heterocycles. The standard InChI is InChI=1S/C19H21ClN2O/c20-17-7-5-16(6-8-17)19(23)21-12-11-15-3-9-18(10-4-15)22-13-1-2-14-22/h3-10H,1-2,11-14H2,(H,21,23). The molecule has 1 aliphatic heterocycles. The van der Waals surface area contributed by atoms with Crippen molar-refractivity contribution in [3.05, 3.63) is 64.7 Å². The molecule has 4 heteroatoms. The van der Waals surface area contributed by atoms with Gasteiger partial charge in [0.2, 0.25) is 0 Å². The van der Waals surface area contributed by atoms with E-state index < -0.39 is 0 Å². The van der Waals surface area contributed by atoms with Gasteiger partial charge in [0, 0.05) is 35.9 Å². The van der Waals surface area contributed by atoms with Gasteiger partial charge in [0.1, 0.15) is 0 Å². The van der Waals surface area contributed by atoms with Crippen molar-refractivity contribution in [3.63, 3.8) is 0 Å². The lowest BCUT2D eigenvalue weighted by Crippen LogP contribution is -2.25. The highest BCUT2D eigenvalue weighted by Gasteiger charge is 2.11. The highest BCUT2D eigenvalue weighted by atomic mass is 35.5. The number of nitrogens with zero attached hydrogens (tertiary/aromatic N) is 1. The highest BCUT2D eigenvalue weighted by Crippen LogP contribution is 2.20. The number of carbonyl (C=O) groups excluding carboxylic acids is 1. The predicted octanol–water partition coefficient (Wildman–Crippen LogP) is 3.91. The molecule has 3 rings (SSSR count). The Morgan fingerprint density at radius 3 is 2.30 bits per heavy atom. The Bertz CT molecular complexity index is 646. The van der Waals surface area contributed by atoms with Gasteiger partial charge in [0.05, 0.1) is 0 Å². The minimum atomic E-state index is -0.0599. The first-order chi connectivity index (χ1) is 11.2. The molecule has 0 radical (unpaired) electrons. The summed E-state index contributed by atoms with van der Waals surface area (Å²) in [5.74, 6) is -0.0599. The quantitative estimate of drug-likeness (QED) is 0.902. The van der Waals surface area contributed by atoms with Gasteiger partial charge < -0.3 is 10.2 Å².